The summed E-state index contributed by atoms with van der Waals surface area (Å²) in [6.07, 6.45) is 5.29. The number of hydrogen-bond acceptors (Lipinski definition) is 1. The van der Waals surface area contributed by atoms with E-state index in [9.17, 15) is 0 Å². The Kier molecular flexibility index (Phi) is 2.99. The molecule has 0 atom stereocenters. The second-order valence-electron chi connectivity index (χ2n) is 2.85. The molecule has 0 aromatic heterocycles. The summed E-state index contributed by atoms with van der Waals surface area (Å²) in [5, 5.41) is 0. The van der Waals surface area contributed by atoms with E-state index in [4.69, 9.17) is 5.73 Å². The van der Waals surface area contributed by atoms with Crippen molar-refractivity contribution in [2.45, 2.75) is 30.5 Å². The fourth-order valence-corrected chi connectivity index (χ4v) is 1.89. The van der Waals surface area contributed by atoms with Gasteiger partial charge >= 0.3 is 0 Å². The van der Waals surface area contributed by atoms with Crippen LogP contribution in [0.25, 0.3) is 0 Å². The highest BCUT2D eigenvalue weighted by Gasteiger charge is 2.17. The van der Waals surface area contributed by atoms with Crippen LogP contribution in [-0.2, 0) is 0 Å². The summed E-state index contributed by atoms with van der Waals surface area (Å²) in [5.41, 5.74) is 5.53. The first-order valence-electron chi connectivity index (χ1n) is 3.67. The Morgan fingerprint density at radius 1 is 1.22 bits per heavy atom. The molecule has 0 unspecified atom stereocenters. The molecule has 0 saturated heterocycles. The molecule has 1 nitrogen and oxygen atoms in total. The number of rotatable bonds is 1. The fraction of sp³-hybridized carbons (Fsp3) is 1.00. The molecule has 1 fully saturated rings. The quantitative estimate of drug-likeness (QED) is 0.631. The highest BCUT2D eigenvalue weighted by molar-refractivity contribution is 9.09. The Labute approximate surface area is 65.1 Å². The standard InChI is InChI=1S/C7H14BrN/c8-7-3-1-6(5-9)2-4-7/h6-7H,1-5,9H2/t6-,7+. The van der Waals surface area contributed by atoms with Crippen molar-refractivity contribution >= 4 is 15.9 Å². The van der Waals surface area contributed by atoms with Crippen molar-refractivity contribution in [1.29, 1.82) is 0 Å². The van der Waals surface area contributed by atoms with E-state index in [0.717, 1.165) is 17.3 Å². The lowest BCUT2D eigenvalue weighted by Crippen LogP contribution is -2.21. The molecular formula is C7H14BrN. The number of hydrogen-bond donors (Lipinski definition) is 1. The molecule has 1 aliphatic carbocycles. The van der Waals surface area contributed by atoms with Gasteiger partial charge in [0.2, 0.25) is 0 Å². The lowest BCUT2D eigenvalue weighted by molar-refractivity contribution is 0.376. The maximum atomic E-state index is 5.53. The number of alkyl halides is 1. The first kappa shape index (κ1) is 7.55. The van der Waals surface area contributed by atoms with Gasteiger partial charge in [-0.2, -0.15) is 0 Å². The van der Waals surface area contributed by atoms with Gasteiger partial charge in [-0.3, -0.25) is 0 Å². The minimum absolute atomic E-state index is 0.778. The van der Waals surface area contributed by atoms with Crippen LogP contribution in [0.5, 0.6) is 0 Å². The molecular weight excluding hydrogens is 178 g/mol. The molecule has 0 aromatic rings. The van der Waals surface area contributed by atoms with Gasteiger partial charge in [-0.15, -0.1) is 0 Å². The summed E-state index contributed by atoms with van der Waals surface area (Å²) in [6.45, 7) is 0.889. The van der Waals surface area contributed by atoms with E-state index in [2.05, 4.69) is 15.9 Å². The SMILES string of the molecule is NC[C@H]1CC[C@@H](Br)CC1. The summed E-state index contributed by atoms with van der Waals surface area (Å²) in [4.78, 5) is 0.778. The van der Waals surface area contributed by atoms with Crippen LogP contribution in [0.15, 0.2) is 0 Å². The van der Waals surface area contributed by atoms with Crippen molar-refractivity contribution in [1.82, 2.24) is 0 Å². The zero-order chi connectivity index (χ0) is 6.69. The van der Waals surface area contributed by atoms with Crippen molar-refractivity contribution < 1.29 is 0 Å². The predicted octanol–water partition coefficient (Wildman–Crippen LogP) is 1.90. The maximum absolute atomic E-state index is 5.53. The van der Waals surface area contributed by atoms with Crippen LogP contribution >= 0.6 is 15.9 Å². The van der Waals surface area contributed by atoms with Crippen molar-refractivity contribution in [2.24, 2.45) is 11.7 Å². The first-order valence-corrected chi connectivity index (χ1v) is 4.58. The smallest absolute Gasteiger partial charge is 0.0146 e. The van der Waals surface area contributed by atoms with Gasteiger partial charge in [0, 0.05) is 4.83 Å². The van der Waals surface area contributed by atoms with Gasteiger partial charge in [0.1, 0.15) is 0 Å². The molecule has 54 valence electrons. The molecule has 0 spiro atoms. The highest BCUT2D eigenvalue weighted by Crippen LogP contribution is 2.27. The molecule has 1 aliphatic rings. The van der Waals surface area contributed by atoms with Crippen molar-refractivity contribution in [2.75, 3.05) is 6.54 Å². The molecule has 0 radical (unpaired) electrons. The molecule has 2 N–H and O–H groups in total. The van der Waals surface area contributed by atoms with E-state index in [0.29, 0.717) is 0 Å². The third kappa shape index (κ3) is 2.26. The Morgan fingerprint density at radius 3 is 2.22 bits per heavy atom. The second-order valence-corrected chi connectivity index (χ2v) is 4.15. The molecule has 2 heteroatoms. The molecule has 0 aromatic carbocycles. The van der Waals surface area contributed by atoms with Crippen LogP contribution < -0.4 is 5.73 Å². The van der Waals surface area contributed by atoms with E-state index in [1.165, 1.54) is 25.7 Å². The average molecular weight is 192 g/mol. The fourth-order valence-electron chi connectivity index (χ4n) is 1.36. The molecule has 9 heavy (non-hydrogen) atoms. The highest BCUT2D eigenvalue weighted by atomic mass is 79.9. The Balaban J connectivity index is 2.18. The summed E-state index contributed by atoms with van der Waals surface area (Å²) in [5.74, 6) is 0.818. The molecule has 0 aliphatic heterocycles. The van der Waals surface area contributed by atoms with E-state index in [-0.39, 0.29) is 0 Å². The average Bonchev–Trinajstić information content (AvgIpc) is 1.90. The lowest BCUT2D eigenvalue weighted by atomic mass is 9.89. The Bertz CT molecular complexity index is 77.0. The topological polar surface area (TPSA) is 26.0 Å². The number of nitrogens with two attached hydrogens (primary N) is 1. The van der Waals surface area contributed by atoms with Gasteiger partial charge in [-0.05, 0) is 38.1 Å². The second kappa shape index (κ2) is 3.57. The summed E-state index contributed by atoms with van der Waals surface area (Å²) < 4.78 is 0. The normalized spacial score (nSPS) is 36.7. The van der Waals surface area contributed by atoms with Crippen molar-refractivity contribution in [3.8, 4) is 0 Å². The van der Waals surface area contributed by atoms with Gasteiger partial charge in [-0.25, -0.2) is 0 Å². The van der Waals surface area contributed by atoms with Crippen LogP contribution in [0.3, 0.4) is 0 Å². The van der Waals surface area contributed by atoms with E-state index >= 15 is 0 Å². The number of halogens is 1. The van der Waals surface area contributed by atoms with E-state index in [1.54, 1.807) is 0 Å². The Hall–Kier alpha value is 0.440. The zero-order valence-corrected chi connectivity index (χ0v) is 7.23. The monoisotopic (exact) mass is 191 g/mol. The molecule has 1 rings (SSSR count). The summed E-state index contributed by atoms with van der Waals surface area (Å²) in [6, 6.07) is 0. The first-order chi connectivity index (χ1) is 4.33. The van der Waals surface area contributed by atoms with Gasteiger partial charge in [-0.1, -0.05) is 15.9 Å². The molecule has 0 bridgehead atoms. The molecule has 0 heterocycles. The van der Waals surface area contributed by atoms with Crippen LogP contribution in [0.1, 0.15) is 25.7 Å². The molecule has 0 amide bonds. The van der Waals surface area contributed by atoms with Gasteiger partial charge < -0.3 is 5.73 Å². The van der Waals surface area contributed by atoms with Crippen molar-refractivity contribution in [3.05, 3.63) is 0 Å². The van der Waals surface area contributed by atoms with Gasteiger partial charge in [0.15, 0.2) is 0 Å². The van der Waals surface area contributed by atoms with Gasteiger partial charge in [0.05, 0.1) is 0 Å². The van der Waals surface area contributed by atoms with Crippen LogP contribution in [0, 0.1) is 5.92 Å². The predicted molar refractivity (Wildman–Crippen MR) is 43.7 cm³/mol. The van der Waals surface area contributed by atoms with Crippen LogP contribution in [0.2, 0.25) is 0 Å². The van der Waals surface area contributed by atoms with Crippen LogP contribution in [-0.4, -0.2) is 11.4 Å². The third-order valence-electron chi connectivity index (χ3n) is 2.11. The van der Waals surface area contributed by atoms with Crippen molar-refractivity contribution in [3.63, 3.8) is 0 Å². The summed E-state index contributed by atoms with van der Waals surface area (Å²) in [7, 11) is 0. The largest absolute Gasteiger partial charge is 0.330 e. The summed E-state index contributed by atoms with van der Waals surface area (Å²) >= 11 is 3.60. The van der Waals surface area contributed by atoms with Gasteiger partial charge in [0.25, 0.3) is 0 Å². The third-order valence-corrected chi connectivity index (χ3v) is 3.03. The minimum atomic E-state index is 0.778. The van der Waals surface area contributed by atoms with E-state index in [1.807, 2.05) is 0 Å². The Morgan fingerprint density at radius 2 is 1.78 bits per heavy atom. The lowest BCUT2D eigenvalue weighted by Gasteiger charge is -2.23. The minimum Gasteiger partial charge on any atom is -0.330 e. The molecule has 1 saturated carbocycles. The maximum Gasteiger partial charge on any atom is 0.0146 e. The zero-order valence-electron chi connectivity index (χ0n) is 5.65. The van der Waals surface area contributed by atoms with E-state index < -0.39 is 0 Å². The van der Waals surface area contributed by atoms with Crippen LogP contribution in [0.4, 0.5) is 0 Å².